The first-order valence-corrected chi connectivity index (χ1v) is 9.47. The van der Waals surface area contributed by atoms with E-state index in [1.165, 1.54) is 24.3 Å². The van der Waals surface area contributed by atoms with E-state index >= 15 is 0 Å². The van der Waals surface area contributed by atoms with Crippen LogP contribution < -0.4 is 0 Å². The van der Waals surface area contributed by atoms with Crippen LogP contribution in [0.5, 0.6) is 0 Å². The molecule has 0 aromatic heterocycles. The zero-order valence-corrected chi connectivity index (χ0v) is 16.3. The minimum atomic E-state index is -0.350. The lowest BCUT2D eigenvalue weighted by molar-refractivity contribution is -0.138. The molecular formula is C22H26FN3O2. The predicted octanol–water partition coefficient (Wildman–Crippen LogP) is 2.46. The molecule has 5 nitrogen and oxygen atoms in total. The summed E-state index contributed by atoms with van der Waals surface area (Å²) >= 11 is 0. The molecule has 2 aromatic rings. The molecule has 0 N–H and O–H groups in total. The highest BCUT2D eigenvalue weighted by Crippen LogP contribution is 2.21. The number of hydrogen-bond acceptors (Lipinski definition) is 4. The summed E-state index contributed by atoms with van der Waals surface area (Å²) in [6, 6.07) is 15.1. The molecule has 1 amide bonds. The van der Waals surface area contributed by atoms with Crippen LogP contribution in [0.25, 0.3) is 0 Å². The first-order chi connectivity index (χ1) is 13.5. The molecule has 0 aliphatic carbocycles. The lowest BCUT2D eigenvalue weighted by Crippen LogP contribution is -2.52. The molecule has 1 aliphatic heterocycles. The predicted molar refractivity (Wildman–Crippen MR) is 107 cm³/mol. The van der Waals surface area contributed by atoms with Crippen molar-refractivity contribution in [2.24, 2.45) is 0 Å². The van der Waals surface area contributed by atoms with Gasteiger partial charge in [0.25, 0.3) is 0 Å². The van der Waals surface area contributed by atoms with E-state index < -0.39 is 0 Å². The fraction of sp³-hybridized carbons (Fsp3) is 0.364. The third-order valence-corrected chi connectivity index (χ3v) is 5.08. The molecule has 1 heterocycles. The van der Waals surface area contributed by atoms with Gasteiger partial charge in [0.1, 0.15) is 11.9 Å². The molecule has 6 heteroatoms. The van der Waals surface area contributed by atoms with Crippen molar-refractivity contribution < 1.29 is 14.0 Å². The molecule has 2 aromatic carbocycles. The number of Topliss-reactive ketones (excluding diaryl/α,β-unsaturated/α-hetero) is 1. The number of hydrogen-bond donors (Lipinski definition) is 0. The molecular weight excluding hydrogens is 357 g/mol. The third-order valence-electron chi connectivity index (χ3n) is 5.08. The Morgan fingerprint density at radius 3 is 2.14 bits per heavy atom. The minimum absolute atomic E-state index is 0.0322. The van der Waals surface area contributed by atoms with Crippen molar-refractivity contribution in [1.82, 2.24) is 14.7 Å². The average Bonchev–Trinajstić information content (AvgIpc) is 2.69. The van der Waals surface area contributed by atoms with Crippen LogP contribution in [0.3, 0.4) is 0 Å². The summed E-state index contributed by atoms with van der Waals surface area (Å²) in [6.45, 7) is 2.75. The van der Waals surface area contributed by atoms with Gasteiger partial charge in [0.05, 0.1) is 6.54 Å². The SMILES string of the molecule is CN(C)C(C(=O)N1CCN(CC(=O)c2ccc(F)cc2)CC1)c1ccccc1. The Morgan fingerprint density at radius 1 is 0.964 bits per heavy atom. The van der Waals surface area contributed by atoms with Crippen LogP contribution >= 0.6 is 0 Å². The first-order valence-electron chi connectivity index (χ1n) is 9.47. The van der Waals surface area contributed by atoms with Crippen molar-refractivity contribution in [2.75, 3.05) is 46.8 Å². The van der Waals surface area contributed by atoms with Gasteiger partial charge in [-0.1, -0.05) is 30.3 Å². The van der Waals surface area contributed by atoms with E-state index in [-0.39, 0.29) is 30.1 Å². The van der Waals surface area contributed by atoms with E-state index in [9.17, 15) is 14.0 Å². The Bertz CT molecular complexity index is 800. The second-order valence-corrected chi connectivity index (χ2v) is 7.31. The lowest BCUT2D eigenvalue weighted by atomic mass is 10.0. The van der Waals surface area contributed by atoms with Gasteiger partial charge in [0, 0.05) is 31.7 Å². The van der Waals surface area contributed by atoms with Crippen molar-refractivity contribution >= 4 is 11.7 Å². The van der Waals surface area contributed by atoms with E-state index in [0.29, 0.717) is 31.7 Å². The number of piperazine rings is 1. The van der Waals surface area contributed by atoms with Crippen molar-refractivity contribution in [3.63, 3.8) is 0 Å². The van der Waals surface area contributed by atoms with Gasteiger partial charge in [0.2, 0.25) is 5.91 Å². The van der Waals surface area contributed by atoms with Gasteiger partial charge in [0.15, 0.2) is 5.78 Å². The Hall–Kier alpha value is -2.57. The van der Waals surface area contributed by atoms with E-state index in [0.717, 1.165) is 5.56 Å². The van der Waals surface area contributed by atoms with E-state index in [1.54, 1.807) is 0 Å². The largest absolute Gasteiger partial charge is 0.338 e. The summed E-state index contributed by atoms with van der Waals surface area (Å²) < 4.78 is 13.0. The van der Waals surface area contributed by atoms with E-state index in [2.05, 4.69) is 0 Å². The maximum Gasteiger partial charge on any atom is 0.244 e. The molecule has 0 spiro atoms. The molecule has 3 rings (SSSR count). The van der Waals surface area contributed by atoms with E-state index in [4.69, 9.17) is 0 Å². The van der Waals surface area contributed by atoms with Crippen LogP contribution in [0.2, 0.25) is 0 Å². The molecule has 28 heavy (non-hydrogen) atoms. The van der Waals surface area contributed by atoms with Gasteiger partial charge in [-0.25, -0.2) is 4.39 Å². The Balaban J connectivity index is 1.57. The summed E-state index contributed by atoms with van der Waals surface area (Å²) in [5.74, 6) is -0.298. The summed E-state index contributed by atoms with van der Waals surface area (Å²) in [7, 11) is 3.82. The fourth-order valence-corrected chi connectivity index (χ4v) is 3.53. The topological polar surface area (TPSA) is 43.9 Å². The summed E-state index contributed by atoms with van der Waals surface area (Å²) in [5.41, 5.74) is 1.49. The van der Waals surface area contributed by atoms with Crippen molar-refractivity contribution in [2.45, 2.75) is 6.04 Å². The normalized spacial score (nSPS) is 16.2. The van der Waals surface area contributed by atoms with Gasteiger partial charge < -0.3 is 4.90 Å². The lowest BCUT2D eigenvalue weighted by Gasteiger charge is -2.37. The van der Waals surface area contributed by atoms with Crippen LogP contribution in [0.1, 0.15) is 22.0 Å². The average molecular weight is 383 g/mol. The quantitative estimate of drug-likeness (QED) is 0.719. The number of nitrogens with zero attached hydrogens (tertiary/aromatic N) is 3. The maximum absolute atomic E-state index is 13.1. The molecule has 1 unspecified atom stereocenters. The zero-order valence-electron chi connectivity index (χ0n) is 16.3. The van der Waals surface area contributed by atoms with Crippen LogP contribution in [0.4, 0.5) is 4.39 Å². The Kier molecular flexibility index (Phi) is 6.54. The van der Waals surface area contributed by atoms with Crippen LogP contribution in [0.15, 0.2) is 54.6 Å². The Labute approximate surface area is 165 Å². The number of rotatable bonds is 6. The zero-order chi connectivity index (χ0) is 20.1. The Morgan fingerprint density at radius 2 is 1.57 bits per heavy atom. The summed E-state index contributed by atoms with van der Waals surface area (Å²) in [4.78, 5) is 31.3. The molecule has 0 saturated carbocycles. The summed E-state index contributed by atoms with van der Waals surface area (Å²) in [5, 5.41) is 0. The van der Waals surface area contributed by atoms with Crippen molar-refractivity contribution in [3.05, 3.63) is 71.5 Å². The number of benzene rings is 2. The highest BCUT2D eigenvalue weighted by Gasteiger charge is 2.30. The molecule has 1 atom stereocenters. The smallest absolute Gasteiger partial charge is 0.244 e. The molecule has 1 aliphatic rings. The van der Waals surface area contributed by atoms with Crippen LogP contribution in [-0.4, -0.2) is 73.2 Å². The standard InChI is InChI=1S/C22H26FN3O2/c1-24(2)21(18-6-4-3-5-7-18)22(28)26-14-12-25(13-15-26)16-20(27)17-8-10-19(23)11-9-17/h3-11,21H,12-16H2,1-2H3. The molecule has 0 radical (unpaired) electrons. The van der Waals surface area contributed by atoms with Gasteiger partial charge >= 0.3 is 0 Å². The first kappa shape index (κ1) is 20.2. The number of carbonyl (C=O) groups is 2. The molecule has 0 bridgehead atoms. The number of ketones is 1. The molecule has 1 fully saturated rings. The highest BCUT2D eigenvalue weighted by atomic mass is 19.1. The van der Waals surface area contributed by atoms with Gasteiger partial charge in [-0.05, 0) is 43.9 Å². The highest BCUT2D eigenvalue weighted by molar-refractivity contribution is 5.97. The van der Waals surface area contributed by atoms with Crippen LogP contribution in [0, 0.1) is 5.82 Å². The minimum Gasteiger partial charge on any atom is -0.338 e. The van der Waals surface area contributed by atoms with Gasteiger partial charge in [-0.3, -0.25) is 19.4 Å². The van der Waals surface area contributed by atoms with Crippen molar-refractivity contribution in [1.29, 1.82) is 0 Å². The summed E-state index contributed by atoms with van der Waals surface area (Å²) in [6.07, 6.45) is 0. The second-order valence-electron chi connectivity index (χ2n) is 7.31. The van der Waals surface area contributed by atoms with Gasteiger partial charge in [-0.15, -0.1) is 0 Å². The third kappa shape index (κ3) is 4.82. The van der Waals surface area contributed by atoms with Gasteiger partial charge in [-0.2, -0.15) is 0 Å². The fourth-order valence-electron chi connectivity index (χ4n) is 3.53. The maximum atomic E-state index is 13.1. The number of amides is 1. The van der Waals surface area contributed by atoms with Crippen molar-refractivity contribution in [3.8, 4) is 0 Å². The van der Waals surface area contributed by atoms with E-state index in [1.807, 2.05) is 59.1 Å². The number of likely N-dealkylation sites (N-methyl/N-ethyl adjacent to an activating group) is 1. The monoisotopic (exact) mass is 383 g/mol. The second kappa shape index (κ2) is 9.08. The molecule has 148 valence electrons. The number of halogens is 1. The number of carbonyl (C=O) groups excluding carboxylic acids is 2. The van der Waals surface area contributed by atoms with Crippen LogP contribution in [-0.2, 0) is 4.79 Å². The molecule has 1 saturated heterocycles.